The number of rotatable bonds is 8. The molecular formula is C80H68Br4N4. The molecule has 0 saturated carbocycles. The molecule has 8 aromatic carbocycles. The first kappa shape index (κ1) is 59.3. The zero-order chi connectivity index (χ0) is 61.7. The van der Waals surface area contributed by atoms with Crippen LogP contribution in [0.25, 0.3) is 66.8 Å². The number of halogens is 4. The molecule has 12 aromatic rings. The van der Waals surface area contributed by atoms with Crippen molar-refractivity contribution in [3.63, 3.8) is 0 Å². The topological polar surface area (TPSA) is 63.2 Å². The number of fused-ring (bicyclic) bond motifs is 8. The van der Waals surface area contributed by atoms with Crippen LogP contribution in [0.4, 0.5) is 0 Å². The van der Waals surface area contributed by atoms with Crippen LogP contribution in [0.2, 0.25) is 0 Å². The Morgan fingerprint density at radius 1 is 0.216 bits per heavy atom. The molecule has 4 nitrogen and oxygen atoms in total. The van der Waals surface area contributed by atoms with Crippen LogP contribution in [-0.2, 0) is 0 Å². The Bertz CT molecular complexity index is 4560. The van der Waals surface area contributed by atoms with Gasteiger partial charge in [-0.3, -0.25) is 0 Å². The molecule has 0 amide bonds. The molecule has 13 rings (SSSR count). The summed E-state index contributed by atoms with van der Waals surface area (Å²) in [6.07, 6.45) is 0. The molecule has 0 spiro atoms. The third-order valence-corrected chi connectivity index (χ3v) is 20.3. The predicted molar refractivity (Wildman–Crippen MR) is 383 cm³/mol. The van der Waals surface area contributed by atoms with Crippen LogP contribution in [0.1, 0.15) is 112 Å². The molecule has 0 radical (unpaired) electrons. The Kier molecular flexibility index (Phi) is 15.7. The van der Waals surface area contributed by atoms with Crippen LogP contribution < -0.4 is 21.4 Å². The monoisotopic (exact) mass is 1400 g/mol. The molecule has 8 heteroatoms. The number of hydrogen-bond acceptors (Lipinski definition) is 0. The zero-order valence-electron chi connectivity index (χ0n) is 51.7. The lowest BCUT2D eigenvalue weighted by Crippen LogP contribution is -2.19. The predicted octanol–water partition coefficient (Wildman–Crippen LogP) is 19.7. The van der Waals surface area contributed by atoms with Crippen molar-refractivity contribution in [1.82, 2.24) is 19.9 Å². The van der Waals surface area contributed by atoms with Crippen LogP contribution in [0.5, 0.6) is 0 Å². The largest absolute Gasteiger partial charge is 0.354 e. The molecule has 88 heavy (non-hydrogen) atoms. The highest BCUT2D eigenvalue weighted by atomic mass is 79.9. The van der Waals surface area contributed by atoms with Crippen molar-refractivity contribution in [3.8, 4) is 44.5 Å². The summed E-state index contributed by atoms with van der Waals surface area (Å²) in [5.74, 6) is 0. The second-order valence-electron chi connectivity index (χ2n) is 24.5. The summed E-state index contributed by atoms with van der Waals surface area (Å²) in [6.45, 7) is 26.8. The molecule has 0 unspecified atom stereocenters. The van der Waals surface area contributed by atoms with E-state index in [1.165, 1.54) is 111 Å². The minimum Gasteiger partial charge on any atom is -0.354 e. The van der Waals surface area contributed by atoms with Gasteiger partial charge in [-0.05, 0) is 292 Å². The maximum atomic E-state index is 4.12. The first-order valence-electron chi connectivity index (χ1n) is 30.0. The SMILES string of the molecule is Cc1cc(C)c(-c2cc(C3=c4ccc([nH]4)=C(c4c(Br)cccc4Br)c4ccc([nH]4)C(c4cc(-c5c(C)cc(C)cc5C)cc(-c5c(C)cc(C)cc5C)c4)=c4ccc([nH]4)=C(c4c(Br)cccc4Br)c4ccc3[nH]4)cc(-c3c(C)cc(C)cc3C)c2)c(C)c1. The number of hydrogen-bond donors (Lipinski definition) is 4. The van der Waals surface area contributed by atoms with Gasteiger partial charge in [0.1, 0.15) is 0 Å². The highest BCUT2D eigenvalue weighted by molar-refractivity contribution is 9.11. The van der Waals surface area contributed by atoms with E-state index in [0.29, 0.717) is 0 Å². The van der Waals surface area contributed by atoms with E-state index in [2.05, 4.69) is 337 Å². The Labute approximate surface area is 549 Å². The van der Waals surface area contributed by atoms with Crippen molar-refractivity contribution < 1.29 is 0 Å². The number of aryl methyl sites for hydroxylation is 12. The molecule has 0 aliphatic carbocycles. The third-order valence-electron chi connectivity index (χ3n) is 17.6. The molecule has 4 N–H and O–H groups in total. The number of aromatic nitrogens is 4. The summed E-state index contributed by atoms with van der Waals surface area (Å²) in [6, 6.07) is 63.6. The van der Waals surface area contributed by atoms with E-state index in [4.69, 9.17) is 0 Å². The minimum absolute atomic E-state index is 0.951. The van der Waals surface area contributed by atoms with Gasteiger partial charge >= 0.3 is 0 Å². The maximum absolute atomic E-state index is 4.12. The molecule has 5 heterocycles. The fraction of sp³-hybridized carbons (Fsp3) is 0.150. The van der Waals surface area contributed by atoms with Crippen molar-refractivity contribution in [1.29, 1.82) is 0 Å². The first-order valence-corrected chi connectivity index (χ1v) is 33.1. The van der Waals surface area contributed by atoms with Gasteiger partial charge in [-0.15, -0.1) is 0 Å². The van der Waals surface area contributed by atoms with Gasteiger partial charge in [-0.25, -0.2) is 0 Å². The van der Waals surface area contributed by atoms with Crippen LogP contribution in [0, 0.1) is 83.1 Å². The van der Waals surface area contributed by atoms with E-state index in [1.807, 2.05) is 0 Å². The Morgan fingerprint density at radius 3 is 0.682 bits per heavy atom. The van der Waals surface area contributed by atoms with E-state index in [9.17, 15) is 0 Å². The number of benzene rings is 8. The molecule has 0 saturated heterocycles. The highest BCUT2D eigenvalue weighted by Gasteiger charge is 2.25. The summed E-state index contributed by atoms with van der Waals surface area (Å²) in [4.78, 5) is 16.5. The average Bonchev–Trinajstić information content (AvgIpc) is 1.52. The summed E-state index contributed by atoms with van der Waals surface area (Å²) in [5, 5.41) is 3.83. The van der Waals surface area contributed by atoms with Gasteiger partial charge in [0.15, 0.2) is 0 Å². The molecular weight excluding hydrogens is 1340 g/mol. The van der Waals surface area contributed by atoms with Gasteiger partial charge in [0.05, 0.1) is 0 Å². The van der Waals surface area contributed by atoms with Gasteiger partial charge in [0, 0.05) is 95.5 Å². The fourth-order valence-electron chi connectivity index (χ4n) is 14.6. The van der Waals surface area contributed by atoms with Gasteiger partial charge < -0.3 is 19.9 Å². The average molecular weight is 1410 g/mol. The molecule has 1 aliphatic heterocycles. The maximum Gasteiger partial charge on any atom is 0.0486 e. The van der Waals surface area contributed by atoms with Gasteiger partial charge in [-0.1, -0.05) is 147 Å². The van der Waals surface area contributed by atoms with E-state index >= 15 is 0 Å². The molecule has 0 atom stereocenters. The lowest BCUT2D eigenvalue weighted by Gasteiger charge is -2.19. The van der Waals surface area contributed by atoms with Crippen molar-refractivity contribution in [2.24, 2.45) is 0 Å². The lowest BCUT2D eigenvalue weighted by atomic mass is 9.86. The number of nitrogens with one attached hydrogen (secondary N) is 4. The second-order valence-corrected chi connectivity index (χ2v) is 27.9. The molecule has 436 valence electrons. The minimum atomic E-state index is 0.951. The fourth-order valence-corrected chi connectivity index (χ4v) is 17.4. The van der Waals surface area contributed by atoms with Crippen molar-refractivity contribution in [2.75, 3.05) is 0 Å². The summed E-state index contributed by atoms with van der Waals surface area (Å²) < 4.78 is 3.86. The standard InChI is InChI=1S/C80H68Br4N4/c1-41-27-45(5)71(46(6)28-41)53-35-54(72-47(7)29-42(2)30-48(72)8)38-57(37-53)75-63-19-23-67(85-63)79(77-59(81)15-13-16-60(77)82)69-25-21-65(87-69)76(66-22-26-70(88-66)80(68-24-20-64(75)86-68)78-61(83)17-14-18-62(78)84)58-39-55(73-49(9)31-43(3)32-50(73)10)36-56(40-58)74-51(11)33-44(4)34-52(74)12/h13-40,85-88H,1-12H3. The van der Waals surface area contributed by atoms with Gasteiger partial charge in [0.25, 0.3) is 0 Å². The van der Waals surface area contributed by atoms with E-state index < -0.39 is 0 Å². The number of aromatic amines is 4. The lowest BCUT2D eigenvalue weighted by molar-refractivity contribution is 1.18. The third kappa shape index (κ3) is 10.8. The van der Waals surface area contributed by atoms with Gasteiger partial charge in [0.2, 0.25) is 0 Å². The summed E-state index contributed by atoms with van der Waals surface area (Å²) in [7, 11) is 0. The van der Waals surface area contributed by atoms with Crippen molar-refractivity contribution >= 4 is 86.0 Å². The summed E-state index contributed by atoms with van der Waals surface area (Å²) in [5.41, 5.74) is 36.8. The normalized spacial score (nSPS) is 12.5. The zero-order valence-corrected chi connectivity index (χ0v) is 58.0. The first-order chi connectivity index (χ1) is 42.2. The summed E-state index contributed by atoms with van der Waals surface area (Å²) >= 11 is 16.3. The van der Waals surface area contributed by atoms with E-state index in [1.54, 1.807) is 0 Å². The van der Waals surface area contributed by atoms with Crippen LogP contribution in [-0.4, -0.2) is 19.9 Å². The van der Waals surface area contributed by atoms with E-state index in [0.717, 1.165) is 107 Å². The Hall–Kier alpha value is -7.72. The molecule has 8 bridgehead atoms. The van der Waals surface area contributed by atoms with Crippen molar-refractivity contribution in [2.45, 2.75) is 83.1 Å². The quantitative estimate of drug-likeness (QED) is 0.117. The molecule has 4 aromatic heterocycles. The van der Waals surface area contributed by atoms with E-state index in [-0.39, 0.29) is 0 Å². The van der Waals surface area contributed by atoms with Crippen LogP contribution in [0.3, 0.4) is 0 Å². The van der Waals surface area contributed by atoms with Crippen LogP contribution >= 0.6 is 63.7 Å². The van der Waals surface area contributed by atoms with Gasteiger partial charge in [-0.2, -0.15) is 0 Å². The number of H-pyrrole nitrogens is 4. The Balaban J connectivity index is 1.18. The molecule has 1 aliphatic rings. The second kappa shape index (κ2) is 23.3. The van der Waals surface area contributed by atoms with Crippen LogP contribution in [0.15, 0.2) is 188 Å². The smallest absolute Gasteiger partial charge is 0.0486 e. The highest BCUT2D eigenvalue weighted by Crippen LogP contribution is 2.43. The van der Waals surface area contributed by atoms with Crippen molar-refractivity contribution in [3.05, 3.63) is 321 Å². The Morgan fingerprint density at radius 2 is 0.432 bits per heavy atom. The molecule has 0 fully saturated rings.